The van der Waals surface area contributed by atoms with Crippen LogP contribution in [0.1, 0.15) is 33.1 Å². The third-order valence-corrected chi connectivity index (χ3v) is 8.84. The molecular weight excluding hydrogens is 404 g/mol. The molecule has 2 heterocycles. The highest BCUT2D eigenvalue weighted by atomic mass is 16.6. The van der Waals surface area contributed by atoms with Gasteiger partial charge in [-0.2, -0.15) is 0 Å². The Balaban J connectivity index is 1.25. The van der Waals surface area contributed by atoms with Crippen molar-refractivity contribution in [1.82, 2.24) is 4.90 Å². The fraction of sp³-hybridized carbons (Fsp3) is 0.654. The van der Waals surface area contributed by atoms with Gasteiger partial charge in [-0.05, 0) is 43.0 Å². The number of hydrogen-bond acceptors (Lipinski definition) is 6. The minimum Gasteiger partial charge on any atom is -0.497 e. The second-order valence-corrected chi connectivity index (χ2v) is 10.3. The van der Waals surface area contributed by atoms with Crippen molar-refractivity contribution in [2.45, 2.75) is 45.3 Å². The summed E-state index contributed by atoms with van der Waals surface area (Å²) >= 11 is 0. The molecule has 4 aliphatic rings. The van der Waals surface area contributed by atoms with Gasteiger partial charge in [0.05, 0.1) is 19.1 Å². The summed E-state index contributed by atoms with van der Waals surface area (Å²) in [5.74, 6) is 0.821. The van der Waals surface area contributed by atoms with E-state index in [1.54, 1.807) is 7.11 Å². The van der Waals surface area contributed by atoms with Crippen LogP contribution >= 0.6 is 0 Å². The zero-order valence-electron chi connectivity index (χ0n) is 19.5. The third kappa shape index (κ3) is 3.52. The molecule has 6 nitrogen and oxygen atoms in total. The van der Waals surface area contributed by atoms with E-state index in [9.17, 15) is 9.90 Å². The van der Waals surface area contributed by atoms with Crippen molar-refractivity contribution in [2.24, 2.45) is 23.2 Å². The minimum atomic E-state index is -0.528. The second kappa shape index (κ2) is 8.38. The maximum atomic E-state index is 12.9. The lowest BCUT2D eigenvalue weighted by molar-refractivity contribution is -0.145. The molecule has 6 heteroatoms. The number of allylic oxidation sites excluding steroid dienone is 1. The van der Waals surface area contributed by atoms with Gasteiger partial charge in [-0.25, -0.2) is 0 Å². The smallest absolute Gasteiger partial charge is 0.311 e. The molecule has 2 saturated heterocycles. The first-order valence-electron chi connectivity index (χ1n) is 12.1. The Labute approximate surface area is 191 Å². The number of esters is 1. The van der Waals surface area contributed by atoms with Gasteiger partial charge in [0.25, 0.3) is 0 Å². The normalized spacial score (nSPS) is 37.4. The zero-order valence-corrected chi connectivity index (χ0v) is 19.5. The van der Waals surface area contributed by atoms with Gasteiger partial charge in [-0.1, -0.05) is 25.5 Å². The van der Waals surface area contributed by atoms with E-state index < -0.39 is 6.10 Å². The first-order chi connectivity index (χ1) is 15.4. The summed E-state index contributed by atoms with van der Waals surface area (Å²) in [4.78, 5) is 17.6. The summed E-state index contributed by atoms with van der Waals surface area (Å²) in [5, 5.41) is 11.5. The molecule has 3 fully saturated rings. The van der Waals surface area contributed by atoms with Crippen molar-refractivity contribution in [2.75, 3.05) is 44.7 Å². The van der Waals surface area contributed by atoms with E-state index in [2.05, 4.69) is 41.9 Å². The van der Waals surface area contributed by atoms with E-state index in [0.29, 0.717) is 12.5 Å². The van der Waals surface area contributed by atoms with Crippen LogP contribution in [-0.4, -0.2) is 68.0 Å². The molecule has 0 radical (unpaired) electrons. The van der Waals surface area contributed by atoms with E-state index in [1.807, 2.05) is 12.1 Å². The molecule has 6 atom stereocenters. The second-order valence-electron chi connectivity index (χ2n) is 10.3. The van der Waals surface area contributed by atoms with Crippen LogP contribution in [0.2, 0.25) is 0 Å². The number of carbonyl (C=O) groups is 1. The number of aliphatic hydroxyl groups is 1. The van der Waals surface area contributed by atoms with Crippen molar-refractivity contribution in [3.05, 3.63) is 35.9 Å². The Kier molecular flexibility index (Phi) is 5.70. The van der Waals surface area contributed by atoms with Crippen molar-refractivity contribution in [1.29, 1.82) is 0 Å². The van der Waals surface area contributed by atoms with Gasteiger partial charge < -0.3 is 19.5 Å². The van der Waals surface area contributed by atoms with E-state index in [4.69, 9.17) is 9.47 Å². The Bertz CT molecular complexity index is 876. The van der Waals surface area contributed by atoms with Crippen LogP contribution in [-0.2, 0) is 9.53 Å². The molecule has 0 spiro atoms. The summed E-state index contributed by atoms with van der Waals surface area (Å²) in [6.07, 6.45) is 4.54. The van der Waals surface area contributed by atoms with Gasteiger partial charge in [0.2, 0.25) is 0 Å². The highest BCUT2D eigenvalue weighted by Crippen LogP contribution is 2.56. The van der Waals surface area contributed by atoms with Gasteiger partial charge in [0.15, 0.2) is 0 Å². The lowest BCUT2D eigenvalue weighted by Gasteiger charge is -2.52. The zero-order chi connectivity index (χ0) is 22.5. The molecular formula is C26H36N2O4. The fourth-order valence-electron chi connectivity index (χ4n) is 6.53. The average Bonchev–Trinajstić information content (AvgIpc) is 3.11. The summed E-state index contributed by atoms with van der Waals surface area (Å²) in [7, 11) is 1.68. The number of aliphatic hydroxyl groups excluding tert-OH is 1. The lowest BCUT2D eigenvalue weighted by Crippen LogP contribution is -2.55. The maximum absolute atomic E-state index is 12.9. The van der Waals surface area contributed by atoms with Crippen LogP contribution in [0.4, 0.5) is 5.69 Å². The van der Waals surface area contributed by atoms with Crippen LogP contribution < -0.4 is 9.64 Å². The largest absolute Gasteiger partial charge is 0.497 e. The SMILES string of the molecule is COc1ccc(N2CCN(C[C@H]3C(=O)O[C@@H]4CC5=CCC[C@H](C)[C@@]5(C)[C@H](O)[C@H]43)CC2)cc1. The quantitative estimate of drug-likeness (QED) is 0.574. The number of carbonyl (C=O) groups excluding carboxylic acids is 1. The summed E-state index contributed by atoms with van der Waals surface area (Å²) in [5.41, 5.74) is 2.26. The number of nitrogens with zero attached hydrogens (tertiary/aromatic N) is 2. The molecule has 0 amide bonds. The average molecular weight is 441 g/mol. The third-order valence-electron chi connectivity index (χ3n) is 8.84. The molecule has 5 rings (SSSR count). The molecule has 32 heavy (non-hydrogen) atoms. The topological polar surface area (TPSA) is 62.2 Å². The minimum absolute atomic E-state index is 0.107. The number of rotatable bonds is 4. The fourth-order valence-corrected chi connectivity index (χ4v) is 6.53. The Morgan fingerprint density at radius 1 is 1.19 bits per heavy atom. The van der Waals surface area contributed by atoms with Crippen molar-refractivity contribution in [3.63, 3.8) is 0 Å². The molecule has 1 aromatic carbocycles. The first kappa shape index (κ1) is 21.8. The van der Waals surface area contributed by atoms with Crippen molar-refractivity contribution >= 4 is 11.7 Å². The number of hydrogen-bond donors (Lipinski definition) is 1. The van der Waals surface area contributed by atoms with E-state index in [0.717, 1.165) is 51.2 Å². The molecule has 0 bridgehead atoms. The molecule has 1 aromatic rings. The van der Waals surface area contributed by atoms with Crippen LogP contribution in [0, 0.1) is 23.2 Å². The Morgan fingerprint density at radius 2 is 1.91 bits per heavy atom. The van der Waals surface area contributed by atoms with Gasteiger partial charge in [-0.15, -0.1) is 0 Å². The number of ether oxygens (including phenoxy) is 2. The molecule has 174 valence electrons. The molecule has 1 saturated carbocycles. The first-order valence-corrected chi connectivity index (χ1v) is 12.1. The number of methoxy groups -OCH3 is 1. The molecule has 2 aliphatic carbocycles. The van der Waals surface area contributed by atoms with E-state index >= 15 is 0 Å². The van der Waals surface area contributed by atoms with E-state index in [1.165, 1.54) is 11.3 Å². The number of benzene rings is 1. The highest BCUT2D eigenvalue weighted by molar-refractivity contribution is 5.76. The monoisotopic (exact) mass is 440 g/mol. The standard InChI is InChI=1S/C26H36N2O4/c1-17-5-4-6-18-15-22-23(24(29)26(17,18)2)21(25(30)32-22)16-27-11-13-28(14-12-27)19-7-9-20(31-3)10-8-19/h6-10,17,21-24,29H,4-5,11-16H2,1-3H3/t17-,21+,22+,23-,24+,26+/m0/s1. The maximum Gasteiger partial charge on any atom is 0.311 e. The number of piperazine rings is 1. The van der Waals surface area contributed by atoms with Crippen molar-refractivity contribution < 1.29 is 19.4 Å². The van der Waals surface area contributed by atoms with Crippen molar-refractivity contribution in [3.8, 4) is 5.75 Å². The molecule has 0 aromatic heterocycles. The summed E-state index contributed by atoms with van der Waals surface area (Å²) in [6, 6.07) is 8.19. The number of fused-ring (bicyclic) bond motifs is 2. The van der Waals surface area contributed by atoms with Gasteiger partial charge in [-0.3, -0.25) is 9.69 Å². The van der Waals surface area contributed by atoms with E-state index in [-0.39, 0.29) is 29.3 Å². The highest BCUT2D eigenvalue weighted by Gasteiger charge is 2.59. The summed E-state index contributed by atoms with van der Waals surface area (Å²) < 4.78 is 11.1. The molecule has 2 aliphatic heterocycles. The van der Waals surface area contributed by atoms with Crippen LogP contribution in [0.5, 0.6) is 5.75 Å². The van der Waals surface area contributed by atoms with Gasteiger partial charge in [0.1, 0.15) is 11.9 Å². The summed E-state index contributed by atoms with van der Waals surface area (Å²) in [6.45, 7) is 8.79. The van der Waals surface area contributed by atoms with Crippen LogP contribution in [0.25, 0.3) is 0 Å². The van der Waals surface area contributed by atoms with Gasteiger partial charge >= 0.3 is 5.97 Å². The van der Waals surface area contributed by atoms with Crippen LogP contribution in [0.15, 0.2) is 35.9 Å². The Hall–Kier alpha value is -2.05. The van der Waals surface area contributed by atoms with Gasteiger partial charge in [0, 0.05) is 56.2 Å². The molecule has 1 N–H and O–H groups in total. The predicted molar refractivity (Wildman–Crippen MR) is 124 cm³/mol. The Morgan fingerprint density at radius 3 is 2.59 bits per heavy atom. The molecule has 0 unspecified atom stereocenters. The van der Waals surface area contributed by atoms with Crippen LogP contribution in [0.3, 0.4) is 0 Å². The lowest BCUT2D eigenvalue weighted by atomic mass is 9.55. The predicted octanol–water partition coefficient (Wildman–Crippen LogP) is 3.10. The number of anilines is 1.